The molecule has 0 aliphatic rings. The van der Waals surface area contributed by atoms with E-state index in [-0.39, 0.29) is 114 Å². The van der Waals surface area contributed by atoms with E-state index in [0.29, 0.717) is 37.8 Å². The number of carboxylic acids is 1. The third-order valence-electron chi connectivity index (χ3n) is 22.5. The Morgan fingerprint density at radius 2 is 0.667 bits per heavy atom. The molecule has 1 rings (SSSR count). The van der Waals surface area contributed by atoms with Crippen LogP contribution in [-0.2, 0) is 97.5 Å². The summed E-state index contributed by atoms with van der Waals surface area (Å²) < 4.78 is 0. The lowest BCUT2D eigenvalue weighted by molar-refractivity contribution is -0.142. The molecule has 0 saturated carbocycles. The molecule has 132 heavy (non-hydrogen) atoms. The van der Waals surface area contributed by atoms with Crippen LogP contribution in [0.3, 0.4) is 0 Å². The van der Waals surface area contributed by atoms with Crippen LogP contribution in [0.2, 0.25) is 0 Å². The summed E-state index contributed by atoms with van der Waals surface area (Å²) in [6.45, 7) is 31.9. The van der Waals surface area contributed by atoms with E-state index >= 15 is 0 Å². The first-order valence-electron chi connectivity index (χ1n) is 46.3. The first-order chi connectivity index (χ1) is 61.8. The van der Waals surface area contributed by atoms with Gasteiger partial charge in [0.25, 0.3) is 0 Å². The highest BCUT2D eigenvalue weighted by molar-refractivity contribution is 6.02. The lowest BCUT2D eigenvalue weighted by Gasteiger charge is -2.30. The van der Waals surface area contributed by atoms with Crippen LogP contribution < -0.4 is 119 Å². The number of carbonyl (C=O) groups is 19. The van der Waals surface area contributed by atoms with Crippen molar-refractivity contribution < 1.29 is 96.2 Å². The SMILES string of the molecule is CC[C@H](C)[C@H](N)C(=O)N[C@@H](CC(N)=O)C(=O)N[C@H](C(=O)N[C@@H](CCCCN)C(=O)N[C@@H](CC(=O)O)C(=O)N[C@H](C(=O)N[C@@H](CC(C)C)C(=O)N[C@@H](C)C(=O)N[C@@H](CCCCN)C(=O)N[C@@H](CC(C)C)C(=O)N[C@H](C(=O)N[C@@H](CCCCN)C(=O)N[C@H](C(=O)N[C@@H](CC(C)C)C(=O)NCC(=O)N[C@@H](Cc1cnc[nH]1)C(=O)N[C@H](C(N)=O)C(C)C)C(C)C)C(C)C)[C@@H](C)CC)[C@@H](C)CC. The van der Waals surface area contributed by atoms with Crippen molar-refractivity contribution in [3.8, 4) is 0 Å². The van der Waals surface area contributed by atoms with Crippen molar-refractivity contribution in [2.24, 2.45) is 87.7 Å². The zero-order valence-electron chi connectivity index (χ0n) is 80.8. The zero-order valence-corrected chi connectivity index (χ0v) is 80.8. The minimum atomic E-state index is -1.90. The van der Waals surface area contributed by atoms with Crippen molar-refractivity contribution in [1.82, 2.24) is 95.0 Å². The molecule has 0 bridgehead atoms. The molecule has 0 spiro atoms. The number of nitrogens with zero attached hydrogens (tertiary/aromatic N) is 1. The number of hydrogen-bond acceptors (Lipinski definition) is 24. The van der Waals surface area contributed by atoms with Gasteiger partial charge < -0.3 is 130 Å². The Bertz CT molecular complexity index is 3900. The Morgan fingerprint density at radius 3 is 1.03 bits per heavy atom. The minimum Gasteiger partial charge on any atom is -0.481 e. The van der Waals surface area contributed by atoms with Gasteiger partial charge in [-0.2, -0.15) is 0 Å². The van der Waals surface area contributed by atoms with Gasteiger partial charge in [0.05, 0.1) is 31.8 Å². The van der Waals surface area contributed by atoms with E-state index < -0.39 is 258 Å². The van der Waals surface area contributed by atoms with E-state index in [1.807, 2.05) is 0 Å². The number of nitrogens with two attached hydrogens (primary N) is 6. The topological polar surface area (TPSA) is 722 Å². The maximum atomic E-state index is 14.7. The summed E-state index contributed by atoms with van der Waals surface area (Å²) in [6.07, 6.45) is 3.88. The molecule has 1 aromatic heterocycles. The number of rotatable bonds is 66. The van der Waals surface area contributed by atoms with E-state index in [1.165, 1.54) is 19.4 Å². The van der Waals surface area contributed by atoms with Crippen LogP contribution in [0, 0.1) is 53.3 Å². The second kappa shape index (κ2) is 61.7. The molecule has 19 atom stereocenters. The highest BCUT2D eigenvalue weighted by atomic mass is 16.4. The van der Waals surface area contributed by atoms with Gasteiger partial charge in [0.2, 0.25) is 106 Å². The van der Waals surface area contributed by atoms with E-state index in [0.717, 1.165) is 0 Å². The molecule has 44 nitrogen and oxygen atoms in total. The van der Waals surface area contributed by atoms with Gasteiger partial charge in [0.1, 0.15) is 90.6 Å². The summed E-state index contributed by atoms with van der Waals surface area (Å²) in [5, 5.41) is 52.0. The normalized spacial score (nSPS) is 15.8. The number of aromatic amines is 1. The molecule has 1 heterocycles. The second-order valence-electron chi connectivity index (χ2n) is 36.6. The van der Waals surface area contributed by atoms with Gasteiger partial charge in [0, 0.05) is 18.3 Å². The van der Waals surface area contributed by atoms with Crippen LogP contribution in [0.5, 0.6) is 0 Å². The Hall–Kier alpha value is -11.0. The first-order valence-corrected chi connectivity index (χ1v) is 46.3. The lowest BCUT2D eigenvalue weighted by atomic mass is 9.96. The third-order valence-corrected chi connectivity index (χ3v) is 22.5. The van der Waals surface area contributed by atoms with Crippen LogP contribution in [0.15, 0.2) is 12.5 Å². The van der Waals surface area contributed by atoms with Crippen LogP contribution in [0.25, 0.3) is 0 Å². The summed E-state index contributed by atoms with van der Waals surface area (Å²) in [5.41, 5.74) is 35.1. The quantitative estimate of drug-likeness (QED) is 0.0292. The maximum absolute atomic E-state index is 14.7. The number of aliphatic carboxylic acids is 1. The molecule has 0 fully saturated rings. The largest absolute Gasteiger partial charge is 0.481 e. The fourth-order valence-corrected chi connectivity index (χ4v) is 13.9. The number of aromatic nitrogens is 2. The molecule has 30 N–H and O–H groups in total. The van der Waals surface area contributed by atoms with Gasteiger partial charge in [-0.15, -0.1) is 0 Å². The van der Waals surface area contributed by atoms with Crippen molar-refractivity contribution in [3.05, 3.63) is 18.2 Å². The van der Waals surface area contributed by atoms with Crippen molar-refractivity contribution in [2.45, 2.75) is 344 Å². The summed E-state index contributed by atoms with van der Waals surface area (Å²) in [4.78, 5) is 271. The monoisotopic (exact) mass is 1870 g/mol. The molecule has 1 aromatic rings. The number of carboxylic acid groups (broad SMARTS) is 1. The van der Waals surface area contributed by atoms with Gasteiger partial charge in [-0.1, -0.05) is 144 Å². The van der Waals surface area contributed by atoms with E-state index in [4.69, 9.17) is 34.4 Å². The molecule has 0 saturated heterocycles. The fraction of sp³-hybridized carbons (Fsp3) is 0.750. The van der Waals surface area contributed by atoms with E-state index in [9.17, 15) is 96.2 Å². The Kier molecular flexibility index (Phi) is 55.6. The predicted molar refractivity (Wildman–Crippen MR) is 493 cm³/mol. The lowest BCUT2D eigenvalue weighted by Crippen LogP contribution is -2.62. The molecule has 18 amide bonds. The van der Waals surface area contributed by atoms with E-state index in [1.54, 1.807) is 125 Å². The molecular formula is C88H158N24O20. The van der Waals surface area contributed by atoms with Gasteiger partial charge in [0.15, 0.2) is 0 Å². The molecule has 0 unspecified atom stereocenters. The minimum absolute atomic E-state index is 0.00226. The van der Waals surface area contributed by atoms with Crippen molar-refractivity contribution >= 4 is 112 Å². The smallest absolute Gasteiger partial charge is 0.305 e. The molecule has 0 aliphatic heterocycles. The Morgan fingerprint density at radius 1 is 0.348 bits per heavy atom. The van der Waals surface area contributed by atoms with Gasteiger partial charge in [-0.25, -0.2) is 4.98 Å². The average Bonchev–Trinajstić information content (AvgIpc) is 1.15. The van der Waals surface area contributed by atoms with Crippen LogP contribution in [0.4, 0.5) is 0 Å². The number of hydrogen-bond donors (Lipinski definition) is 24. The molecule has 0 radical (unpaired) electrons. The van der Waals surface area contributed by atoms with Gasteiger partial charge in [-0.3, -0.25) is 91.1 Å². The van der Waals surface area contributed by atoms with Crippen LogP contribution >= 0.6 is 0 Å². The average molecular weight is 1870 g/mol. The highest BCUT2D eigenvalue weighted by Gasteiger charge is 2.41. The third kappa shape index (κ3) is 44.0. The Balaban J connectivity index is 3.58. The Labute approximate surface area is 776 Å². The standard InChI is InChI=1S/C88H158N24O20/c1-20-50(16)67(93)84(128)105-62(39-64(92)113)82(126)111-71(51(17)21-2)87(131)102-56(30-24-27-33-90)77(121)104-63(40-66(115)116)83(127)112-72(52(18)22-3)88(132)107-59(36-45(6)7)79(123)98-53(19)74(118)100-55(29-23-26-32-89)76(120)103-60(37-46(8)9)80(124)110-69(48(12)13)85(129)101-57(31-25-28-34-91)78(122)109-70(49(14)15)86(130)106-58(35-44(4)5)75(119)96-42-65(114)99-61(38-54-41-95-43-97-54)81(125)108-68(47(10)11)73(94)117/h41,43-53,55-63,67-72H,20-40,42,89-91,93H2,1-19H3,(H2,92,113)(H2,94,117)(H,95,97)(H,96,119)(H,98,123)(H,99,114)(H,100,118)(H,101,129)(H,102,131)(H,103,120)(H,104,121)(H,105,128)(H,106,130)(H,107,132)(H,108,125)(H,109,122)(H,110,124)(H,111,126)(H,112,127)(H,115,116)/t50-,51-,52-,53-,55-,56-,57-,58-,59-,60-,61-,62-,63-,67-,68-,69-,70-,71-,72-/m0/s1. The van der Waals surface area contributed by atoms with Crippen LogP contribution in [-0.4, -0.2) is 250 Å². The second-order valence-corrected chi connectivity index (χ2v) is 36.6. The number of carbonyl (C=O) groups excluding carboxylic acids is 18. The molecule has 750 valence electrons. The number of H-pyrrole nitrogens is 1. The van der Waals surface area contributed by atoms with Crippen molar-refractivity contribution in [2.75, 3.05) is 26.2 Å². The zero-order chi connectivity index (χ0) is 101. The van der Waals surface area contributed by atoms with Crippen molar-refractivity contribution in [1.29, 1.82) is 0 Å². The fourth-order valence-electron chi connectivity index (χ4n) is 13.9. The van der Waals surface area contributed by atoms with E-state index in [2.05, 4.69) is 95.0 Å². The molecule has 0 aromatic carbocycles. The summed E-state index contributed by atoms with van der Waals surface area (Å²) in [5.74, 6) is -21.4. The summed E-state index contributed by atoms with van der Waals surface area (Å²) >= 11 is 0. The number of primary amides is 2. The summed E-state index contributed by atoms with van der Waals surface area (Å²) in [6, 6.07) is -22.1. The molecule has 0 aliphatic carbocycles. The van der Waals surface area contributed by atoms with Gasteiger partial charge >= 0.3 is 5.97 Å². The molecular weight excluding hydrogens is 1710 g/mol. The number of unbranched alkanes of at least 4 members (excludes halogenated alkanes) is 3. The number of amides is 18. The van der Waals surface area contributed by atoms with Crippen LogP contribution in [0.1, 0.15) is 246 Å². The predicted octanol–water partition coefficient (Wildman–Crippen LogP) is -2.85. The van der Waals surface area contributed by atoms with Crippen molar-refractivity contribution in [3.63, 3.8) is 0 Å². The van der Waals surface area contributed by atoms with Gasteiger partial charge in [-0.05, 0) is 157 Å². The highest BCUT2D eigenvalue weighted by Crippen LogP contribution is 2.19. The number of nitrogens with one attached hydrogen (secondary N) is 17. The number of imidazole rings is 1. The maximum Gasteiger partial charge on any atom is 0.305 e. The first kappa shape index (κ1) is 119. The molecule has 44 heteroatoms. The summed E-state index contributed by atoms with van der Waals surface area (Å²) in [7, 11) is 0.